The first-order chi connectivity index (χ1) is 12.2. The Balaban J connectivity index is 1.52. The highest BCUT2D eigenvalue weighted by atomic mass is 16.5. The summed E-state index contributed by atoms with van der Waals surface area (Å²) in [5.41, 5.74) is 1.12. The fourth-order valence-electron chi connectivity index (χ4n) is 3.11. The quantitative estimate of drug-likeness (QED) is 0.838. The van der Waals surface area contributed by atoms with Crippen molar-refractivity contribution in [1.29, 1.82) is 0 Å². The number of nitrogens with zero attached hydrogens (tertiary/aromatic N) is 1. The smallest absolute Gasteiger partial charge is 0.357 e. The van der Waals surface area contributed by atoms with Crippen molar-refractivity contribution in [3.05, 3.63) is 42.1 Å². The Morgan fingerprint density at radius 2 is 1.88 bits per heavy atom. The molecule has 1 aromatic carbocycles. The van der Waals surface area contributed by atoms with Gasteiger partial charge in [-0.2, -0.15) is 0 Å². The van der Waals surface area contributed by atoms with E-state index in [9.17, 15) is 9.59 Å². The number of aromatic nitrogens is 1. The van der Waals surface area contributed by atoms with E-state index in [1.54, 1.807) is 6.07 Å². The lowest BCUT2D eigenvalue weighted by Gasteiger charge is -2.28. The third-order valence-corrected chi connectivity index (χ3v) is 4.43. The number of rotatable bonds is 4. The molecule has 6 nitrogen and oxygen atoms in total. The van der Waals surface area contributed by atoms with Gasteiger partial charge in [-0.25, -0.2) is 14.6 Å². The van der Waals surface area contributed by atoms with Crippen molar-refractivity contribution in [3.8, 4) is 0 Å². The molecule has 3 rings (SSSR count). The first kappa shape index (κ1) is 17.2. The van der Waals surface area contributed by atoms with Gasteiger partial charge in [0.25, 0.3) is 0 Å². The predicted octanol–water partition coefficient (Wildman–Crippen LogP) is 3.02. The van der Waals surface area contributed by atoms with E-state index in [0.717, 1.165) is 36.6 Å². The second-order valence-electron chi connectivity index (χ2n) is 6.27. The molecule has 25 heavy (non-hydrogen) atoms. The molecule has 6 heteroatoms. The number of hydrogen-bond donors (Lipinski definition) is 2. The van der Waals surface area contributed by atoms with Gasteiger partial charge in [0.2, 0.25) is 0 Å². The van der Waals surface area contributed by atoms with Crippen molar-refractivity contribution in [3.63, 3.8) is 0 Å². The maximum absolute atomic E-state index is 12.3. The summed E-state index contributed by atoms with van der Waals surface area (Å²) in [7, 11) is 0. The molecule has 2 N–H and O–H groups in total. The van der Waals surface area contributed by atoms with Crippen LogP contribution < -0.4 is 10.6 Å². The molecule has 0 unspecified atom stereocenters. The summed E-state index contributed by atoms with van der Waals surface area (Å²) in [6.45, 7) is 2.49. The lowest BCUT2D eigenvalue weighted by atomic mass is 9.93. The Hall–Kier alpha value is -2.63. The van der Waals surface area contributed by atoms with E-state index in [4.69, 9.17) is 4.74 Å². The van der Waals surface area contributed by atoms with Gasteiger partial charge in [-0.1, -0.05) is 24.3 Å². The number of hydrogen-bond acceptors (Lipinski definition) is 4. The molecule has 0 atom stereocenters. The van der Waals surface area contributed by atoms with Gasteiger partial charge >= 0.3 is 12.0 Å². The third kappa shape index (κ3) is 4.47. The second-order valence-corrected chi connectivity index (χ2v) is 6.27. The molecule has 0 aliphatic heterocycles. The fraction of sp³-hybridized carbons (Fsp3) is 0.421. The highest BCUT2D eigenvalue weighted by molar-refractivity contribution is 5.91. The van der Waals surface area contributed by atoms with E-state index >= 15 is 0 Å². The SMILES string of the molecule is CCNC(=O)NC1CCC(OC(=O)c2ccc3ccccc3n2)CC1. The minimum atomic E-state index is -0.383. The summed E-state index contributed by atoms with van der Waals surface area (Å²) >= 11 is 0. The molecule has 1 heterocycles. The molecule has 2 amide bonds. The van der Waals surface area contributed by atoms with Crippen LogP contribution in [0.25, 0.3) is 10.9 Å². The van der Waals surface area contributed by atoms with E-state index in [-0.39, 0.29) is 24.1 Å². The number of ether oxygens (including phenoxy) is 1. The molecule has 132 valence electrons. The first-order valence-corrected chi connectivity index (χ1v) is 8.77. The maximum Gasteiger partial charge on any atom is 0.357 e. The number of amides is 2. The Kier molecular flexibility index (Phi) is 5.48. The van der Waals surface area contributed by atoms with Gasteiger partial charge in [0, 0.05) is 18.0 Å². The minimum Gasteiger partial charge on any atom is -0.458 e. The number of carbonyl (C=O) groups is 2. The van der Waals surface area contributed by atoms with Crippen LogP contribution in [0.15, 0.2) is 36.4 Å². The number of pyridine rings is 1. The van der Waals surface area contributed by atoms with Gasteiger partial charge in [0.05, 0.1) is 5.52 Å². The predicted molar refractivity (Wildman–Crippen MR) is 95.4 cm³/mol. The van der Waals surface area contributed by atoms with Crippen LogP contribution in [0.3, 0.4) is 0 Å². The van der Waals surface area contributed by atoms with Gasteiger partial charge in [-0.3, -0.25) is 0 Å². The molecule has 1 fully saturated rings. The zero-order valence-corrected chi connectivity index (χ0v) is 14.3. The van der Waals surface area contributed by atoms with E-state index in [0.29, 0.717) is 12.2 Å². The van der Waals surface area contributed by atoms with Crippen LogP contribution in [0.5, 0.6) is 0 Å². The van der Waals surface area contributed by atoms with Crippen molar-refractivity contribution < 1.29 is 14.3 Å². The molecule has 0 bridgehead atoms. The van der Waals surface area contributed by atoms with E-state index in [1.807, 2.05) is 37.3 Å². The van der Waals surface area contributed by atoms with Gasteiger partial charge in [0.1, 0.15) is 11.8 Å². The average Bonchev–Trinajstić information content (AvgIpc) is 2.63. The average molecular weight is 341 g/mol. The molecule has 1 aromatic heterocycles. The van der Waals surface area contributed by atoms with Crippen LogP contribution in [0.4, 0.5) is 4.79 Å². The lowest BCUT2D eigenvalue weighted by Crippen LogP contribution is -2.44. The number of urea groups is 1. The molecule has 2 aromatic rings. The van der Waals surface area contributed by atoms with Crippen LogP contribution in [0.2, 0.25) is 0 Å². The standard InChI is InChI=1S/C19H23N3O3/c1-2-20-19(24)21-14-8-10-15(11-9-14)25-18(23)17-12-7-13-5-3-4-6-16(13)22-17/h3-7,12,14-15H,2,8-11H2,1H3,(H2,20,21,24). The topological polar surface area (TPSA) is 80.3 Å². The van der Waals surface area contributed by atoms with Crippen molar-refractivity contribution in [2.45, 2.75) is 44.8 Å². The Morgan fingerprint density at radius 3 is 2.64 bits per heavy atom. The number of benzene rings is 1. The van der Waals surface area contributed by atoms with Crippen molar-refractivity contribution >= 4 is 22.9 Å². The normalized spacial score (nSPS) is 20.0. The lowest BCUT2D eigenvalue weighted by molar-refractivity contribution is 0.0182. The van der Waals surface area contributed by atoms with E-state index < -0.39 is 0 Å². The molecule has 1 aliphatic rings. The number of para-hydroxylation sites is 1. The van der Waals surface area contributed by atoms with Crippen LogP contribution in [-0.4, -0.2) is 35.7 Å². The van der Waals surface area contributed by atoms with Gasteiger partial charge in [0.15, 0.2) is 0 Å². The Morgan fingerprint density at radius 1 is 1.12 bits per heavy atom. The highest BCUT2D eigenvalue weighted by Crippen LogP contribution is 2.22. The van der Waals surface area contributed by atoms with Crippen molar-refractivity contribution in [2.75, 3.05) is 6.54 Å². The summed E-state index contributed by atoms with van der Waals surface area (Å²) < 4.78 is 5.60. The molecule has 1 aliphatic carbocycles. The van der Waals surface area contributed by atoms with Gasteiger partial charge in [-0.15, -0.1) is 0 Å². The van der Waals surface area contributed by atoms with Crippen LogP contribution in [0, 0.1) is 0 Å². The summed E-state index contributed by atoms with van der Waals surface area (Å²) in [6.07, 6.45) is 2.99. The van der Waals surface area contributed by atoms with Gasteiger partial charge in [-0.05, 0) is 44.7 Å². The summed E-state index contributed by atoms with van der Waals surface area (Å²) in [5, 5.41) is 6.67. The van der Waals surface area contributed by atoms with E-state index in [2.05, 4.69) is 15.6 Å². The molecular weight excluding hydrogens is 318 g/mol. The largest absolute Gasteiger partial charge is 0.458 e. The molecule has 0 saturated heterocycles. The number of carbonyl (C=O) groups excluding carboxylic acids is 2. The number of nitrogens with one attached hydrogen (secondary N) is 2. The van der Waals surface area contributed by atoms with Gasteiger partial charge < -0.3 is 15.4 Å². The third-order valence-electron chi connectivity index (χ3n) is 4.43. The van der Waals surface area contributed by atoms with Crippen LogP contribution in [-0.2, 0) is 4.74 Å². The monoisotopic (exact) mass is 341 g/mol. The second kappa shape index (κ2) is 7.96. The minimum absolute atomic E-state index is 0.118. The van der Waals surface area contributed by atoms with Crippen molar-refractivity contribution in [1.82, 2.24) is 15.6 Å². The number of esters is 1. The van der Waals surface area contributed by atoms with Crippen LogP contribution in [0.1, 0.15) is 43.1 Å². The molecular formula is C19H23N3O3. The molecule has 0 spiro atoms. The first-order valence-electron chi connectivity index (χ1n) is 8.77. The zero-order chi connectivity index (χ0) is 17.6. The Bertz CT molecular complexity index is 754. The summed E-state index contributed by atoms with van der Waals surface area (Å²) in [5.74, 6) is -0.383. The summed E-state index contributed by atoms with van der Waals surface area (Å²) in [4.78, 5) is 28.3. The van der Waals surface area contributed by atoms with Crippen molar-refractivity contribution in [2.24, 2.45) is 0 Å². The maximum atomic E-state index is 12.3. The summed E-state index contributed by atoms with van der Waals surface area (Å²) in [6, 6.07) is 11.3. The fourth-order valence-corrected chi connectivity index (χ4v) is 3.11. The zero-order valence-electron chi connectivity index (χ0n) is 14.3. The highest BCUT2D eigenvalue weighted by Gasteiger charge is 2.25. The Labute approximate surface area is 147 Å². The van der Waals surface area contributed by atoms with E-state index in [1.165, 1.54) is 0 Å². The molecule has 0 radical (unpaired) electrons. The molecule has 1 saturated carbocycles. The van der Waals surface area contributed by atoms with Crippen LogP contribution >= 0.6 is 0 Å². The number of fused-ring (bicyclic) bond motifs is 1.